The van der Waals surface area contributed by atoms with Crippen molar-refractivity contribution in [1.82, 2.24) is 9.61 Å². The highest BCUT2D eigenvalue weighted by Gasteiger charge is 2.26. The maximum Gasteiger partial charge on any atom is 0.216 e. The third-order valence-corrected chi connectivity index (χ3v) is 3.46. The normalized spacial score (nSPS) is 12.7. The topological polar surface area (TPSA) is 87.7 Å². The smallest absolute Gasteiger partial charge is 0.216 e. The number of fused-ring (bicyclic) bond motifs is 1. The molecule has 4 N–H and O–H groups in total. The van der Waals surface area contributed by atoms with E-state index >= 15 is 0 Å². The number of nitrogen functional groups attached to an aromatic ring is 1. The van der Waals surface area contributed by atoms with E-state index in [1.165, 1.54) is 0 Å². The second-order valence-electron chi connectivity index (χ2n) is 4.77. The van der Waals surface area contributed by atoms with Gasteiger partial charge in [0.25, 0.3) is 0 Å². The molecule has 0 aliphatic heterocycles. The number of pyridine rings is 2. The molecule has 3 aromatic rings. The highest BCUT2D eigenvalue weighted by molar-refractivity contribution is 5.72. The predicted molar refractivity (Wildman–Crippen MR) is 77.4 cm³/mol. The van der Waals surface area contributed by atoms with Crippen LogP contribution < -0.4 is 10.3 Å². The van der Waals surface area contributed by atoms with Crippen LogP contribution in [0.4, 0.5) is 5.69 Å². The van der Waals surface area contributed by atoms with Crippen molar-refractivity contribution in [2.75, 3.05) is 12.3 Å². The van der Waals surface area contributed by atoms with Crippen LogP contribution in [-0.4, -0.2) is 26.4 Å². The lowest BCUT2D eigenvalue weighted by atomic mass is 10.1. The molecule has 1 unspecified atom stereocenters. The molecule has 0 aliphatic rings. The number of aliphatic hydroxyl groups is 2. The summed E-state index contributed by atoms with van der Waals surface area (Å²) in [4.78, 5) is 0. The summed E-state index contributed by atoms with van der Waals surface area (Å²) in [5, 5.41) is 24.1. The summed E-state index contributed by atoms with van der Waals surface area (Å²) < 4.78 is 3.43. The molecule has 0 aromatic carbocycles. The number of hydrogen-bond donors (Lipinski definition) is 3. The molecule has 0 bridgehead atoms. The molecule has 6 heteroatoms. The summed E-state index contributed by atoms with van der Waals surface area (Å²) in [5.41, 5.74) is 8.38. The SMILES string of the molecule is Nc1c(C(O)c2cccc[n+]2CCO)nn2ccccc12. The number of nitrogens with two attached hydrogens (primary N) is 1. The van der Waals surface area contributed by atoms with Crippen molar-refractivity contribution in [2.24, 2.45) is 0 Å². The van der Waals surface area contributed by atoms with Gasteiger partial charge in [0.15, 0.2) is 18.8 Å². The minimum absolute atomic E-state index is 0.00491. The molecule has 3 aromatic heterocycles. The van der Waals surface area contributed by atoms with E-state index < -0.39 is 6.10 Å². The molecule has 108 valence electrons. The van der Waals surface area contributed by atoms with Crippen molar-refractivity contribution in [3.8, 4) is 0 Å². The first-order valence-electron chi connectivity index (χ1n) is 6.72. The fourth-order valence-corrected chi connectivity index (χ4v) is 2.43. The van der Waals surface area contributed by atoms with Crippen molar-refractivity contribution >= 4 is 11.2 Å². The van der Waals surface area contributed by atoms with E-state index in [0.29, 0.717) is 23.6 Å². The Morgan fingerprint density at radius 2 is 2.05 bits per heavy atom. The first kappa shape index (κ1) is 13.5. The van der Waals surface area contributed by atoms with Crippen molar-refractivity contribution in [3.63, 3.8) is 0 Å². The van der Waals surface area contributed by atoms with Crippen LogP contribution in [0.15, 0.2) is 48.8 Å². The molecule has 0 fully saturated rings. The molecular formula is C15H17N4O2+. The van der Waals surface area contributed by atoms with Gasteiger partial charge in [-0.25, -0.2) is 4.52 Å². The maximum atomic E-state index is 10.6. The Labute approximate surface area is 121 Å². The van der Waals surface area contributed by atoms with Gasteiger partial charge in [-0.2, -0.15) is 9.67 Å². The minimum Gasteiger partial charge on any atom is -0.395 e. The Bertz CT molecular complexity index is 769. The Balaban J connectivity index is 2.08. The van der Waals surface area contributed by atoms with E-state index in [0.717, 1.165) is 5.52 Å². The van der Waals surface area contributed by atoms with E-state index in [1.807, 2.05) is 30.3 Å². The molecule has 21 heavy (non-hydrogen) atoms. The fraction of sp³-hybridized carbons (Fsp3) is 0.200. The average molecular weight is 285 g/mol. The van der Waals surface area contributed by atoms with Crippen LogP contribution in [0.2, 0.25) is 0 Å². The van der Waals surface area contributed by atoms with E-state index in [9.17, 15) is 5.11 Å². The van der Waals surface area contributed by atoms with Gasteiger partial charge in [0, 0.05) is 18.3 Å². The lowest BCUT2D eigenvalue weighted by Crippen LogP contribution is -2.41. The molecule has 0 saturated carbocycles. The van der Waals surface area contributed by atoms with Gasteiger partial charge in [0.1, 0.15) is 12.3 Å². The van der Waals surface area contributed by atoms with Gasteiger partial charge in [0.2, 0.25) is 5.69 Å². The zero-order chi connectivity index (χ0) is 14.8. The Morgan fingerprint density at radius 3 is 2.81 bits per heavy atom. The monoisotopic (exact) mass is 285 g/mol. The largest absolute Gasteiger partial charge is 0.395 e. The number of aliphatic hydroxyl groups excluding tert-OH is 2. The molecule has 0 spiro atoms. The molecule has 0 radical (unpaired) electrons. The second-order valence-corrected chi connectivity index (χ2v) is 4.77. The lowest BCUT2D eigenvalue weighted by molar-refractivity contribution is -0.708. The van der Waals surface area contributed by atoms with Gasteiger partial charge < -0.3 is 15.9 Å². The van der Waals surface area contributed by atoms with Gasteiger partial charge in [-0.1, -0.05) is 6.07 Å². The summed E-state index contributed by atoms with van der Waals surface area (Å²) in [7, 11) is 0. The zero-order valence-corrected chi connectivity index (χ0v) is 11.4. The first-order chi connectivity index (χ1) is 10.2. The van der Waals surface area contributed by atoms with Gasteiger partial charge in [-0.15, -0.1) is 0 Å². The Morgan fingerprint density at radius 1 is 1.24 bits per heavy atom. The maximum absolute atomic E-state index is 10.6. The van der Waals surface area contributed by atoms with Crippen LogP contribution in [0.5, 0.6) is 0 Å². The van der Waals surface area contributed by atoms with Gasteiger partial charge in [-0.3, -0.25) is 0 Å². The van der Waals surface area contributed by atoms with Crippen LogP contribution in [0.25, 0.3) is 5.52 Å². The highest BCUT2D eigenvalue weighted by Crippen LogP contribution is 2.27. The van der Waals surface area contributed by atoms with Gasteiger partial charge >= 0.3 is 0 Å². The number of aromatic nitrogens is 3. The summed E-state index contributed by atoms with van der Waals surface area (Å²) in [6, 6.07) is 11.1. The van der Waals surface area contributed by atoms with E-state index in [-0.39, 0.29) is 6.61 Å². The van der Waals surface area contributed by atoms with Crippen LogP contribution in [0.1, 0.15) is 17.5 Å². The third kappa shape index (κ3) is 2.35. The van der Waals surface area contributed by atoms with E-state index in [4.69, 9.17) is 10.8 Å². The third-order valence-electron chi connectivity index (χ3n) is 3.46. The second kappa shape index (κ2) is 5.51. The molecule has 0 aliphatic carbocycles. The Hall–Kier alpha value is -2.44. The minimum atomic E-state index is -0.947. The quantitative estimate of drug-likeness (QED) is 0.601. The zero-order valence-electron chi connectivity index (χ0n) is 11.4. The molecule has 0 amide bonds. The molecule has 1 atom stereocenters. The molecule has 0 saturated heterocycles. The summed E-state index contributed by atoms with van der Waals surface area (Å²) in [5.74, 6) is 0. The molecule has 6 nitrogen and oxygen atoms in total. The standard InChI is InChI=1S/C15H17N4O2/c16-13-11-5-2-4-8-19(11)17-14(13)15(21)12-6-1-3-7-18(12)9-10-20/h1-8,15,20-21H,9-10,16H2/q+1. The summed E-state index contributed by atoms with van der Waals surface area (Å²) in [6.07, 6.45) is 2.65. The van der Waals surface area contributed by atoms with Crippen LogP contribution >= 0.6 is 0 Å². The van der Waals surface area contributed by atoms with Crippen molar-refractivity contribution < 1.29 is 14.8 Å². The average Bonchev–Trinajstić information content (AvgIpc) is 2.85. The number of nitrogens with zero attached hydrogens (tertiary/aromatic N) is 3. The number of anilines is 1. The van der Waals surface area contributed by atoms with Crippen LogP contribution in [0, 0.1) is 0 Å². The van der Waals surface area contributed by atoms with Crippen molar-refractivity contribution in [2.45, 2.75) is 12.6 Å². The fourth-order valence-electron chi connectivity index (χ4n) is 2.43. The van der Waals surface area contributed by atoms with E-state index in [2.05, 4.69) is 5.10 Å². The molecule has 3 rings (SSSR count). The van der Waals surface area contributed by atoms with Crippen LogP contribution in [-0.2, 0) is 6.54 Å². The summed E-state index contributed by atoms with van der Waals surface area (Å²) >= 11 is 0. The lowest BCUT2D eigenvalue weighted by Gasteiger charge is -2.08. The predicted octanol–water partition coefficient (Wildman–Crippen LogP) is 0.278. The summed E-state index contributed by atoms with van der Waals surface area (Å²) in [6.45, 7) is 0.398. The molecular weight excluding hydrogens is 268 g/mol. The number of hydrogen-bond acceptors (Lipinski definition) is 4. The van der Waals surface area contributed by atoms with Crippen molar-refractivity contribution in [1.29, 1.82) is 0 Å². The van der Waals surface area contributed by atoms with Gasteiger partial charge in [0.05, 0.1) is 11.2 Å². The van der Waals surface area contributed by atoms with Crippen molar-refractivity contribution in [3.05, 3.63) is 60.2 Å². The molecule has 3 heterocycles. The highest BCUT2D eigenvalue weighted by atomic mass is 16.3. The van der Waals surface area contributed by atoms with Crippen LogP contribution in [0.3, 0.4) is 0 Å². The Kier molecular flexibility index (Phi) is 3.55. The van der Waals surface area contributed by atoms with Gasteiger partial charge in [-0.05, 0) is 18.2 Å². The first-order valence-corrected chi connectivity index (χ1v) is 6.72. The van der Waals surface area contributed by atoms with E-state index in [1.54, 1.807) is 27.5 Å². The number of rotatable bonds is 4.